The molecule has 2 atom stereocenters. The van der Waals surface area contributed by atoms with Gasteiger partial charge in [-0.05, 0) is 55.6 Å². The number of carbonyl (C=O) groups excluding carboxylic acids is 1. The molecule has 3 fully saturated rings. The molecule has 27 heavy (non-hydrogen) atoms. The summed E-state index contributed by atoms with van der Waals surface area (Å²) in [6.45, 7) is 3.98. The average molecular weight is 364 g/mol. The maximum Gasteiger partial charge on any atom is 0.222 e. The van der Waals surface area contributed by atoms with E-state index in [1.807, 2.05) is 30.5 Å². The van der Waals surface area contributed by atoms with Crippen LogP contribution in [-0.2, 0) is 4.79 Å². The van der Waals surface area contributed by atoms with Gasteiger partial charge in [-0.3, -0.25) is 9.78 Å². The minimum absolute atomic E-state index is 0.397. The number of aromatic nitrogens is 2. The Hall–Kier alpha value is -2.17. The van der Waals surface area contributed by atoms with Gasteiger partial charge in [-0.25, -0.2) is 4.98 Å². The van der Waals surface area contributed by atoms with Crippen LogP contribution in [0.3, 0.4) is 0 Å². The summed E-state index contributed by atoms with van der Waals surface area (Å²) < 4.78 is 0. The molecule has 5 rings (SSSR count). The SMILES string of the molecule is O=C(CC1CCN(c2cnc3ccccc3n2)CC1)N1CC2CCCC2C1. The van der Waals surface area contributed by atoms with Crippen LogP contribution in [0.2, 0.25) is 0 Å². The molecule has 1 amide bonds. The number of carbonyl (C=O) groups is 1. The van der Waals surface area contributed by atoms with Crippen molar-refractivity contribution in [1.29, 1.82) is 0 Å². The number of fused-ring (bicyclic) bond motifs is 2. The number of hydrogen-bond acceptors (Lipinski definition) is 4. The van der Waals surface area contributed by atoms with Crippen LogP contribution in [0.25, 0.3) is 11.0 Å². The Balaban J connectivity index is 1.16. The molecule has 142 valence electrons. The second-order valence-corrected chi connectivity index (χ2v) is 8.60. The van der Waals surface area contributed by atoms with Gasteiger partial charge in [0.2, 0.25) is 5.91 Å². The van der Waals surface area contributed by atoms with Crippen molar-refractivity contribution in [2.24, 2.45) is 17.8 Å². The predicted octanol–water partition coefficient (Wildman–Crippen LogP) is 3.49. The molecule has 0 bridgehead atoms. The first kappa shape index (κ1) is 17.0. The number of likely N-dealkylation sites (tertiary alicyclic amines) is 1. The summed E-state index contributed by atoms with van der Waals surface area (Å²) in [5, 5.41) is 0. The zero-order valence-corrected chi connectivity index (χ0v) is 15.9. The molecular weight excluding hydrogens is 336 g/mol. The lowest BCUT2D eigenvalue weighted by molar-refractivity contribution is -0.131. The number of amides is 1. The van der Waals surface area contributed by atoms with Crippen LogP contribution in [0.5, 0.6) is 0 Å². The van der Waals surface area contributed by atoms with E-state index in [2.05, 4.69) is 14.8 Å². The van der Waals surface area contributed by atoms with Gasteiger partial charge in [-0.2, -0.15) is 0 Å². The fourth-order valence-electron chi connectivity index (χ4n) is 5.28. The maximum absolute atomic E-state index is 12.7. The number of benzene rings is 1. The number of para-hydroxylation sites is 2. The Morgan fingerprint density at radius 2 is 1.70 bits per heavy atom. The number of anilines is 1. The zero-order valence-electron chi connectivity index (χ0n) is 15.9. The normalized spacial score (nSPS) is 25.9. The van der Waals surface area contributed by atoms with Crippen molar-refractivity contribution in [3.8, 4) is 0 Å². The summed E-state index contributed by atoms with van der Waals surface area (Å²) in [6, 6.07) is 8.01. The molecule has 2 unspecified atom stereocenters. The number of nitrogens with zero attached hydrogens (tertiary/aromatic N) is 4. The highest BCUT2D eigenvalue weighted by Crippen LogP contribution is 2.38. The Kier molecular flexibility index (Phi) is 4.46. The third kappa shape index (κ3) is 3.40. The molecule has 1 saturated carbocycles. The van der Waals surface area contributed by atoms with Gasteiger partial charge in [-0.1, -0.05) is 18.6 Å². The van der Waals surface area contributed by atoms with Crippen molar-refractivity contribution in [2.45, 2.75) is 38.5 Å². The molecule has 3 heterocycles. The minimum Gasteiger partial charge on any atom is -0.355 e. The van der Waals surface area contributed by atoms with Crippen LogP contribution in [0.1, 0.15) is 38.5 Å². The van der Waals surface area contributed by atoms with Crippen molar-refractivity contribution >= 4 is 22.8 Å². The van der Waals surface area contributed by atoms with Crippen LogP contribution in [0, 0.1) is 17.8 Å². The van der Waals surface area contributed by atoms with Gasteiger partial charge in [0, 0.05) is 32.6 Å². The van der Waals surface area contributed by atoms with E-state index in [-0.39, 0.29) is 0 Å². The molecule has 1 aromatic heterocycles. The molecule has 5 nitrogen and oxygen atoms in total. The lowest BCUT2D eigenvalue weighted by atomic mass is 9.93. The van der Waals surface area contributed by atoms with Gasteiger partial charge < -0.3 is 9.80 Å². The number of rotatable bonds is 3. The first-order chi connectivity index (χ1) is 13.3. The Morgan fingerprint density at radius 1 is 1.00 bits per heavy atom. The highest BCUT2D eigenvalue weighted by Gasteiger charge is 2.38. The highest BCUT2D eigenvalue weighted by atomic mass is 16.2. The van der Waals surface area contributed by atoms with E-state index in [1.54, 1.807) is 0 Å². The Morgan fingerprint density at radius 3 is 2.44 bits per heavy atom. The second-order valence-electron chi connectivity index (χ2n) is 8.60. The third-order valence-corrected chi connectivity index (χ3v) is 6.92. The topological polar surface area (TPSA) is 49.3 Å². The fraction of sp³-hybridized carbons (Fsp3) is 0.591. The molecule has 5 heteroatoms. The summed E-state index contributed by atoms with van der Waals surface area (Å²) in [6.07, 6.45) is 8.79. The van der Waals surface area contributed by atoms with E-state index in [9.17, 15) is 4.79 Å². The largest absolute Gasteiger partial charge is 0.355 e. The first-order valence-electron chi connectivity index (χ1n) is 10.5. The lowest BCUT2D eigenvalue weighted by Gasteiger charge is -2.33. The quantitative estimate of drug-likeness (QED) is 0.836. The molecular formula is C22H28N4O. The summed E-state index contributed by atoms with van der Waals surface area (Å²) in [5.41, 5.74) is 1.89. The molecule has 3 aliphatic rings. The van der Waals surface area contributed by atoms with E-state index in [0.29, 0.717) is 11.8 Å². The summed E-state index contributed by atoms with van der Waals surface area (Å²) in [4.78, 5) is 26.5. The standard InChI is InChI=1S/C22H28N4O/c27-22(26-14-17-4-3-5-18(17)15-26)12-16-8-10-25(11-9-16)21-13-23-19-6-1-2-7-20(19)24-21/h1-2,6-7,13,16-18H,3-5,8-12,14-15H2. The van der Waals surface area contributed by atoms with Crippen molar-refractivity contribution in [2.75, 3.05) is 31.1 Å². The lowest BCUT2D eigenvalue weighted by Crippen LogP contribution is -2.37. The van der Waals surface area contributed by atoms with Crippen molar-refractivity contribution in [3.63, 3.8) is 0 Å². The number of piperidine rings is 1. The Labute approximate surface area is 160 Å². The zero-order chi connectivity index (χ0) is 18.2. The molecule has 0 N–H and O–H groups in total. The molecule has 2 aromatic rings. The van der Waals surface area contributed by atoms with Crippen molar-refractivity contribution < 1.29 is 4.79 Å². The van der Waals surface area contributed by atoms with Crippen LogP contribution in [0.4, 0.5) is 5.82 Å². The van der Waals surface area contributed by atoms with E-state index in [0.717, 1.165) is 74.1 Å². The van der Waals surface area contributed by atoms with Crippen LogP contribution < -0.4 is 4.90 Å². The monoisotopic (exact) mass is 364 g/mol. The summed E-state index contributed by atoms with van der Waals surface area (Å²) in [5.74, 6) is 3.46. The van der Waals surface area contributed by atoms with Crippen LogP contribution in [-0.4, -0.2) is 47.0 Å². The molecule has 0 radical (unpaired) electrons. The van der Waals surface area contributed by atoms with E-state index in [4.69, 9.17) is 4.98 Å². The molecule has 1 aliphatic carbocycles. The molecule has 2 aliphatic heterocycles. The van der Waals surface area contributed by atoms with Crippen molar-refractivity contribution in [3.05, 3.63) is 30.5 Å². The van der Waals surface area contributed by atoms with Gasteiger partial charge in [0.05, 0.1) is 17.2 Å². The molecule has 1 aromatic carbocycles. The van der Waals surface area contributed by atoms with Crippen LogP contribution in [0.15, 0.2) is 30.5 Å². The maximum atomic E-state index is 12.7. The average Bonchev–Trinajstić information content (AvgIpc) is 3.30. The smallest absolute Gasteiger partial charge is 0.222 e. The predicted molar refractivity (Wildman–Crippen MR) is 107 cm³/mol. The summed E-state index contributed by atoms with van der Waals surface area (Å²) in [7, 11) is 0. The van der Waals surface area contributed by atoms with Gasteiger partial charge in [-0.15, -0.1) is 0 Å². The fourth-order valence-corrected chi connectivity index (χ4v) is 5.28. The molecule has 2 saturated heterocycles. The first-order valence-corrected chi connectivity index (χ1v) is 10.5. The molecule has 0 spiro atoms. The third-order valence-electron chi connectivity index (χ3n) is 6.92. The van der Waals surface area contributed by atoms with Crippen LogP contribution >= 0.6 is 0 Å². The van der Waals surface area contributed by atoms with E-state index in [1.165, 1.54) is 19.3 Å². The van der Waals surface area contributed by atoms with Gasteiger partial charge in [0.1, 0.15) is 5.82 Å². The highest BCUT2D eigenvalue weighted by molar-refractivity contribution is 5.77. The van der Waals surface area contributed by atoms with Gasteiger partial charge in [0.15, 0.2) is 0 Å². The van der Waals surface area contributed by atoms with E-state index >= 15 is 0 Å². The van der Waals surface area contributed by atoms with Gasteiger partial charge in [0.25, 0.3) is 0 Å². The van der Waals surface area contributed by atoms with E-state index < -0.39 is 0 Å². The van der Waals surface area contributed by atoms with Gasteiger partial charge >= 0.3 is 0 Å². The van der Waals surface area contributed by atoms with Crippen molar-refractivity contribution in [1.82, 2.24) is 14.9 Å². The summed E-state index contributed by atoms with van der Waals surface area (Å²) >= 11 is 0. The number of hydrogen-bond donors (Lipinski definition) is 0. The second kappa shape index (κ2) is 7.10. The Bertz CT molecular complexity index is 818. The minimum atomic E-state index is 0.397.